The van der Waals surface area contributed by atoms with E-state index in [0.717, 1.165) is 57.8 Å². The highest BCUT2D eigenvalue weighted by Gasteiger charge is 2.24. The van der Waals surface area contributed by atoms with E-state index in [1.165, 1.54) is 63.9 Å². The van der Waals surface area contributed by atoms with E-state index in [1.54, 1.807) is 0 Å². The minimum absolute atomic E-state index is 0.279. The van der Waals surface area contributed by atoms with Crippen molar-refractivity contribution in [2.24, 2.45) is 0 Å². The Morgan fingerprint density at radius 2 is 1.15 bits per heavy atom. The molecule has 0 aromatic heterocycles. The van der Waals surface area contributed by atoms with Gasteiger partial charge < -0.3 is 10.4 Å². The van der Waals surface area contributed by atoms with Crippen molar-refractivity contribution in [3.63, 3.8) is 0 Å². The zero-order chi connectivity index (χ0) is 29.0. The van der Waals surface area contributed by atoms with Crippen LogP contribution in [0.1, 0.15) is 142 Å². The van der Waals surface area contributed by atoms with Crippen molar-refractivity contribution in [3.05, 3.63) is 36.5 Å². The number of hydrogen-bond acceptors (Lipinski definition) is 4. The molecule has 0 fully saturated rings. The van der Waals surface area contributed by atoms with Crippen LogP contribution in [0.15, 0.2) is 36.5 Å². The quantitative estimate of drug-likeness (QED) is 0.0525. The standard InChI is InChI=1S/C32H59NO5S/c1-3-5-7-9-11-13-14-15-16-17-18-20-22-24-26-28-32(35)33-30(29-39(36,37)38)31(34)27-25-23-21-19-12-10-8-6-4-2/h11,13,15-16,25,27,30-31,34H,3-10,12,14,17-24,26,28-29H2,1-2H3,(H,33,35)(H,36,37,38)/b13-11-,16-15-,27-25+. The minimum Gasteiger partial charge on any atom is -0.387 e. The summed E-state index contributed by atoms with van der Waals surface area (Å²) >= 11 is 0. The SMILES string of the molecule is CCCCC/C=C\C/C=C\CCCCCCCC(=O)NC(CS(=O)(=O)O)C(O)/C=C/CCCCCCCCC. The van der Waals surface area contributed by atoms with E-state index in [-0.39, 0.29) is 12.3 Å². The van der Waals surface area contributed by atoms with Gasteiger partial charge in [0.2, 0.25) is 5.91 Å². The molecule has 39 heavy (non-hydrogen) atoms. The van der Waals surface area contributed by atoms with Crippen LogP contribution < -0.4 is 5.32 Å². The topological polar surface area (TPSA) is 104 Å². The predicted octanol–water partition coefficient (Wildman–Crippen LogP) is 8.23. The summed E-state index contributed by atoms with van der Waals surface area (Å²) in [5.74, 6) is -1.00. The number of rotatable bonds is 27. The van der Waals surface area contributed by atoms with E-state index in [1.807, 2.05) is 6.08 Å². The highest BCUT2D eigenvalue weighted by molar-refractivity contribution is 7.85. The second kappa shape index (κ2) is 26.8. The van der Waals surface area contributed by atoms with Gasteiger partial charge in [-0.1, -0.05) is 121 Å². The maximum absolute atomic E-state index is 12.4. The Balaban J connectivity index is 4.09. The van der Waals surface area contributed by atoms with E-state index in [0.29, 0.717) is 6.42 Å². The number of allylic oxidation sites excluding steroid dienone is 5. The Labute approximate surface area is 240 Å². The van der Waals surface area contributed by atoms with Crippen molar-refractivity contribution in [1.29, 1.82) is 0 Å². The Morgan fingerprint density at radius 1 is 0.692 bits per heavy atom. The molecule has 0 heterocycles. The normalized spacial score (nSPS) is 14.1. The molecule has 2 unspecified atom stereocenters. The summed E-state index contributed by atoms with van der Waals surface area (Å²) in [5, 5.41) is 13.0. The van der Waals surface area contributed by atoms with Crippen molar-refractivity contribution in [2.75, 3.05) is 5.75 Å². The van der Waals surface area contributed by atoms with Gasteiger partial charge in [0.1, 0.15) is 0 Å². The monoisotopic (exact) mass is 569 g/mol. The summed E-state index contributed by atoms with van der Waals surface area (Å²) < 4.78 is 32.1. The Bertz CT molecular complexity index is 761. The lowest BCUT2D eigenvalue weighted by Crippen LogP contribution is -2.46. The average molecular weight is 570 g/mol. The van der Waals surface area contributed by atoms with Crippen LogP contribution in [0.2, 0.25) is 0 Å². The molecule has 2 atom stereocenters. The summed E-state index contributed by atoms with van der Waals surface area (Å²) in [6.45, 7) is 4.42. The molecule has 0 bridgehead atoms. The van der Waals surface area contributed by atoms with Gasteiger partial charge in [0.15, 0.2) is 0 Å². The molecule has 0 rings (SSSR count). The van der Waals surface area contributed by atoms with E-state index in [2.05, 4.69) is 43.5 Å². The zero-order valence-corrected chi connectivity index (χ0v) is 25.8. The number of nitrogens with one attached hydrogen (secondary N) is 1. The predicted molar refractivity (Wildman–Crippen MR) is 165 cm³/mol. The lowest BCUT2D eigenvalue weighted by molar-refractivity contribution is -0.122. The molecule has 0 aliphatic heterocycles. The van der Waals surface area contributed by atoms with Gasteiger partial charge in [-0.2, -0.15) is 8.42 Å². The molecule has 3 N–H and O–H groups in total. The van der Waals surface area contributed by atoms with Crippen LogP contribution in [0.5, 0.6) is 0 Å². The summed E-state index contributed by atoms with van der Waals surface area (Å²) in [6, 6.07) is -1.06. The van der Waals surface area contributed by atoms with E-state index >= 15 is 0 Å². The average Bonchev–Trinajstić information content (AvgIpc) is 2.88. The maximum atomic E-state index is 12.4. The molecule has 1 amide bonds. The molecule has 0 aromatic rings. The first-order valence-electron chi connectivity index (χ1n) is 15.7. The minimum atomic E-state index is -4.33. The lowest BCUT2D eigenvalue weighted by Gasteiger charge is -2.21. The summed E-state index contributed by atoms with van der Waals surface area (Å²) in [6.07, 6.45) is 32.7. The van der Waals surface area contributed by atoms with Crippen LogP contribution in [0, 0.1) is 0 Å². The third kappa shape index (κ3) is 27.9. The van der Waals surface area contributed by atoms with Gasteiger partial charge in [0.05, 0.1) is 17.9 Å². The number of unbranched alkanes of at least 4 members (excludes halogenated alkanes) is 15. The highest BCUT2D eigenvalue weighted by atomic mass is 32.2. The number of aliphatic hydroxyl groups excluding tert-OH is 1. The van der Waals surface area contributed by atoms with Gasteiger partial charge in [-0.25, -0.2) is 0 Å². The summed E-state index contributed by atoms with van der Waals surface area (Å²) in [5.41, 5.74) is 0. The van der Waals surface area contributed by atoms with Gasteiger partial charge in [-0.15, -0.1) is 0 Å². The molecule has 0 aliphatic carbocycles. The van der Waals surface area contributed by atoms with Gasteiger partial charge in [0.25, 0.3) is 10.1 Å². The van der Waals surface area contributed by atoms with E-state index in [4.69, 9.17) is 0 Å². The Kier molecular flexibility index (Phi) is 25.8. The van der Waals surface area contributed by atoms with Gasteiger partial charge in [0, 0.05) is 6.42 Å². The first kappa shape index (κ1) is 37.6. The van der Waals surface area contributed by atoms with Crippen molar-refractivity contribution in [3.8, 4) is 0 Å². The molecule has 0 aromatic carbocycles. The fourth-order valence-electron chi connectivity index (χ4n) is 4.42. The summed E-state index contributed by atoms with van der Waals surface area (Å²) in [7, 11) is -4.33. The number of amides is 1. The smallest absolute Gasteiger partial charge is 0.267 e. The molecule has 0 saturated heterocycles. The molecular weight excluding hydrogens is 510 g/mol. The van der Waals surface area contributed by atoms with Gasteiger partial charge in [-0.05, 0) is 51.4 Å². The molecule has 6 nitrogen and oxygen atoms in total. The second-order valence-electron chi connectivity index (χ2n) is 10.7. The molecule has 0 spiro atoms. The van der Waals surface area contributed by atoms with E-state index in [9.17, 15) is 22.9 Å². The molecular formula is C32H59NO5S. The van der Waals surface area contributed by atoms with Crippen molar-refractivity contribution >= 4 is 16.0 Å². The van der Waals surface area contributed by atoms with Crippen LogP contribution in [-0.4, -0.2) is 41.9 Å². The second-order valence-corrected chi connectivity index (χ2v) is 12.2. The van der Waals surface area contributed by atoms with Crippen LogP contribution in [0.25, 0.3) is 0 Å². The third-order valence-corrected chi connectivity index (χ3v) is 7.59. The third-order valence-electron chi connectivity index (χ3n) is 6.81. The number of aliphatic hydroxyl groups is 1. The van der Waals surface area contributed by atoms with Crippen LogP contribution >= 0.6 is 0 Å². The molecule has 7 heteroatoms. The van der Waals surface area contributed by atoms with Gasteiger partial charge >= 0.3 is 0 Å². The van der Waals surface area contributed by atoms with Crippen molar-refractivity contribution < 1.29 is 22.9 Å². The van der Waals surface area contributed by atoms with Crippen molar-refractivity contribution in [1.82, 2.24) is 5.32 Å². The first-order chi connectivity index (χ1) is 18.8. The number of carbonyl (C=O) groups excluding carboxylic acids is 1. The van der Waals surface area contributed by atoms with E-state index < -0.39 is 28.0 Å². The van der Waals surface area contributed by atoms with Crippen LogP contribution in [-0.2, 0) is 14.9 Å². The van der Waals surface area contributed by atoms with Crippen LogP contribution in [0.4, 0.5) is 0 Å². The van der Waals surface area contributed by atoms with Crippen molar-refractivity contribution in [2.45, 2.75) is 154 Å². The fourth-order valence-corrected chi connectivity index (χ4v) is 5.15. The molecule has 0 saturated carbocycles. The zero-order valence-electron chi connectivity index (χ0n) is 25.0. The number of carbonyl (C=O) groups is 1. The first-order valence-corrected chi connectivity index (χ1v) is 17.3. The Hall–Kier alpha value is -1.44. The molecule has 0 aliphatic rings. The summed E-state index contributed by atoms with van der Waals surface area (Å²) in [4.78, 5) is 12.4. The Morgan fingerprint density at radius 3 is 1.72 bits per heavy atom. The highest BCUT2D eigenvalue weighted by Crippen LogP contribution is 2.11. The fraction of sp³-hybridized carbons (Fsp3) is 0.781. The molecule has 228 valence electrons. The number of hydrogen-bond donors (Lipinski definition) is 3. The van der Waals surface area contributed by atoms with Gasteiger partial charge in [-0.3, -0.25) is 9.35 Å². The molecule has 0 radical (unpaired) electrons. The largest absolute Gasteiger partial charge is 0.387 e. The maximum Gasteiger partial charge on any atom is 0.267 e. The lowest BCUT2D eigenvalue weighted by atomic mass is 10.1. The van der Waals surface area contributed by atoms with Crippen LogP contribution in [0.3, 0.4) is 0 Å².